The number of ether oxygens (including phenoxy) is 1. The number of nitriles is 1. The Hall–Kier alpha value is -2.65. The molecule has 0 radical (unpaired) electrons. The maximum absolute atomic E-state index is 11.7. The average Bonchev–Trinajstić information content (AvgIpc) is 2.56. The summed E-state index contributed by atoms with van der Waals surface area (Å²) >= 11 is 3.40. The maximum Gasteiger partial charge on any atom is 0.277 e. The number of carbonyl (C=O) groups excluding carboxylic acids is 1. The number of amides is 1. The number of rotatable bonds is 5. The number of hydrogen-bond acceptors (Lipinski definition) is 4. The molecule has 6 heteroatoms. The molecule has 0 aliphatic heterocycles. The number of carbonyl (C=O) groups is 1. The van der Waals surface area contributed by atoms with Gasteiger partial charge in [0.2, 0.25) is 0 Å². The molecule has 116 valence electrons. The van der Waals surface area contributed by atoms with Gasteiger partial charge in [-0.25, -0.2) is 5.43 Å². The summed E-state index contributed by atoms with van der Waals surface area (Å²) in [6.45, 7) is 1.82. The number of halogens is 1. The minimum atomic E-state index is -0.351. The molecule has 1 amide bonds. The molecule has 0 unspecified atom stereocenters. The Morgan fingerprint density at radius 3 is 2.74 bits per heavy atom. The van der Waals surface area contributed by atoms with E-state index in [9.17, 15) is 4.79 Å². The van der Waals surface area contributed by atoms with Gasteiger partial charge in [-0.2, -0.15) is 10.4 Å². The van der Waals surface area contributed by atoms with Gasteiger partial charge in [-0.15, -0.1) is 0 Å². The summed E-state index contributed by atoms with van der Waals surface area (Å²) in [4.78, 5) is 11.7. The van der Waals surface area contributed by atoms with Gasteiger partial charge in [-0.05, 0) is 48.4 Å². The summed E-state index contributed by atoms with van der Waals surface area (Å²) in [5.41, 5.74) is 4.78. The van der Waals surface area contributed by atoms with E-state index in [4.69, 9.17) is 10.00 Å². The van der Waals surface area contributed by atoms with Gasteiger partial charge in [0.1, 0.15) is 5.75 Å². The van der Waals surface area contributed by atoms with E-state index < -0.39 is 0 Å². The molecule has 0 heterocycles. The second-order valence-electron chi connectivity index (χ2n) is 4.73. The molecule has 23 heavy (non-hydrogen) atoms. The molecule has 2 aromatic carbocycles. The molecule has 0 fully saturated rings. The summed E-state index contributed by atoms with van der Waals surface area (Å²) in [5, 5.41) is 12.6. The van der Waals surface area contributed by atoms with Crippen LogP contribution in [0.15, 0.2) is 52.0 Å². The van der Waals surface area contributed by atoms with Crippen LogP contribution in [0.4, 0.5) is 0 Å². The third-order valence-electron chi connectivity index (χ3n) is 2.94. The Labute approximate surface area is 142 Å². The smallest absolute Gasteiger partial charge is 0.277 e. The predicted molar refractivity (Wildman–Crippen MR) is 91.3 cm³/mol. The van der Waals surface area contributed by atoms with E-state index >= 15 is 0 Å². The van der Waals surface area contributed by atoms with E-state index in [1.807, 2.05) is 25.1 Å². The monoisotopic (exact) mass is 371 g/mol. The van der Waals surface area contributed by atoms with Crippen molar-refractivity contribution in [2.75, 3.05) is 6.61 Å². The van der Waals surface area contributed by atoms with Crippen LogP contribution in [-0.2, 0) is 4.79 Å². The van der Waals surface area contributed by atoms with Crippen molar-refractivity contribution in [2.45, 2.75) is 6.92 Å². The van der Waals surface area contributed by atoms with Gasteiger partial charge in [-0.3, -0.25) is 4.79 Å². The summed E-state index contributed by atoms with van der Waals surface area (Å²) in [7, 11) is 0. The first-order valence-corrected chi connectivity index (χ1v) is 7.59. The number of benzene rings is 2. The summed E-state index contributed by atoms with van der Waals surface area (Å²) in [5.74, 6) is 0.271. The van der Waals surface area contributed by atoms with E-state index in [-0.39, 0.29) is 12.5 Å². The highest BCUT2D eigenvalue weighted by atomic mass is 79.9. The highest BCUT2D eigenvalue weighted by Crippen LogP contribution is 2.21. The molecule has 0 aliphatic carbocycles. The fourth-order valence-electron chi connectivity index (χ4n) is 1.71. The zero-order valence-corrected chi connectivity index (χ0v) is 14.0. The first kappa shape index (κ1) is 16.7. The molecule has 0 aromatic heterocycles. The molecule has 0 aliphatic rings. The standard InChI is InChI=1S/C17H14BrN3O2/c1-12-8-15(6-7-16(12)18)23-11-17(22)21-20-10-14-4-2-13(9-19)3-5-14/h2-8,10H,11H2,1H3,(H,21,22)/b20-10+. The highest BCUT2D eigenvalue weighted by molar-refractivity contribution is 9.10. The number of nitrogens with zero attached hydrogens (tertiary/aromatic N) is 2. The van der Waals surface area contributed by atoms with Crippen LogP contribution < -0.4 is 10.2 Å². The number of hydrogen-bond donors (Lipinski definition) is 1. The Kier molecular flexibility index (Phi) is 5.89. The SMILES string of the molecule is Cc1cc(OCC(=O)N/N=C/c2ccc(C#N)cc2)ccc1Br. The normalized spacial score (nSPS) is 10.3. The van der Waals surface area contributed by atoms with Crippen LogP contribution in [-0.4, -0.2) is 18.7 Å². The van der Waals surface area contributed by atoms with Gasteiger partial charge >= 0.3 is 0 Å². The Balaban J connectivity index is 1.81. The Morgan fingerprint density at radius 1 is 1.35 bits per heavy atom. The second kappa shape index (κ2) is 8.11. The molecule has 0 saturated carbocycles. The average molecular weight is 372 g/mol. The maximum atomic E-state index is 11.7. The molecule has 2 aromatic rings. The molecule has 0 spiro atoms. The van der Waals surface area contributed by atoms with Crippen molar-refractivity contribution in [3.8, 4) is 11.8 Å². The first-order valence-electron chi connectivity index (χ1n) is 6.79. The number of hydrazone groups is 1. The molecular weight excluding hydrogens is 358 g/mol. The van der Waals surface area contributed by atoms with E-state index in [1.54, 1.807) is 30.3 Å². The molecule has 0 saturated heterocycles. The van der Waals surface area contributed by atoms with Gasteiger partial charge in [0.15, 0.2) is 6.61 Å². The van der Waals surface area contributed by atoms with Gasteiger partial charge in [0, 0.05) is 4.47 Å². The molecule has 2 rings (SSSR count). The Morgan fingerprint density at radius 2 is 2.09 bits per heavy atom. The quantitative estimate of drug-likeness (QED) is 0.647. The van der Waals surface area contributed by atoms with Crippen LogP contribution in [0.3, 0.4) is 0 Å². The summed E-state index contributed by atoms with van der Waals surface area (Å²) < 4.78 is 6.38. The predicted octanol–water partition coefficient (Wildman–Crippen LogP) is 3.16. The van der Waals surface area contributed by atoms with Crippen molar-refractivity contribution in [2.24, 2.45) is 5.10 Å². The Bertz CT molecular complexity index is 764. The van der Waals surface area contributed by atoms with E-state index in [0.29, 0.717) is 11.3 Å². The fourth-order valence-corrected chi connectivity index (χ4v) is 1.96. The van der Waals surface area contributed by atoms with Gasteiger partial charge in [0.25, 0.3) is 5.91 Å². The van der Waals surface area contributed by atoms with Crippen molar-refractivity contribution in [1.29, 1.82) is 5.26 Å². The molecule has 1 N–H and O–H groups in total. The van der Waals surface area contributed by atoms with E-state index in [1.165, 1.54) is 6.21 Å². The first-order chi connectivity index (χ1) is 11.1. The third-order valence-corrected chi connectivity index (χ3v) is 3.83. The van der Waals surface area contributed by atoms with E-state index in [0.717, 1.165) is 15.6 Å². The van der Waals surface area contributed by atoms with E-state index in [2.05, 4.69) is 26.5 Å². The number of nitrogens with one attached hydrogen (secondary N) is 1. The summed E-state index contributed by atoms with van der Waals surface area (Å²) in [6.07, 6.45) is 1.50. The van der Waals surface area contributed by atoms with Crippen molar-refractivity contribution < 1.29 is 9.53 Å². The van der Waals surface area contributed by atoms with Crippen LogP contribution in [0.2, 0.25) is 0 Å². The fraction of sp³-hybridized carbons (Fsp3) is 0.118. The van der Waals surface area contributed by atoms with Crippen LogP contribution in [0, 0.1) is 18.3 Å². The number of aryl methyl sites for hydroxylation is 1. The lowest BCUT2D eigenvalue weighted by atomic mass is 10.2. The van der Waals surface area contributed by atoms with Gasteiger partial charge in [0.05, 0.1) is 17.8 Å². The van der Waals surface area contributed by atoms with Gasteiger partial charge in [-0.1, -0.05) is 28.1 Å². The lowest BCUT2D eigenvalue weighted by molar-refractivity contribution is -0.123. The summed E-state index contributed by atoms with van der Waals surface area (Å²) in [6, 6.07) is 14.4. The molecule has 0 bridgehead atoms. The minimum Gasteiger partial charge on any atom is -0.484 e. The van der Waals surface area contributed by atoms with Crippen molar-refractivity contribution in [3.63, 3.8) is 0 Å². The van der Waals surface area contributed by atoms with Crippen molar-refractivity contribution in [1.82, 2.24) is 5.43 Å². The van der Waals surface area contributed by atoms with Crippen LogP contribution in [0.1, 0.15) is 16.7 Å². The topological polar surface area (TPSA) is 74.5 Å². The van der Waals surface area contributed by atoms with Crippen LogP contribution >= 0.6 is 15.9 Å². The van der Waals surface area contributed by atoms with Crippen molar-refractivity contribution >= 4 is 28.1 Å². The zero-order valence-electron chi connectivity index (χ0n) is 12.4. The second-order valence-corrected chi connectivity index (χ2v) is 5.58. The zero-order chi connectivity index (χ0) is 16.7. The van der Waals surface area contributed by atoms with Gasteiger partial charge < -0.3 is 4.74 Å². The lowest BCUT2D eigenvalue weighted by Crippen LogP contribution is -2.24. The highest BCUT2D eigenvalue weighted by Gasteiger charge is 2.03. The molecular formula is C17H14BrN3O2. The third kappa shape index (κ3) is 5.24. The van der Waals surface area contributed by atoms with Crippen LogP contribution in [0.5, 0.6) is 5.75 Å². The van der Waals surface area contributed by atoms with Crippen LogP contribution in [0.25, 0.3) is 0 Å². The molecule has 0 atom stereocenters. The minimum absolute atomic E-state index is 0.119. The largest absolute Gasteiger partial charge is 0.484 e. The lowest BCUT2D eigenvalue weighted by Gasteiger charge is -2.06. The van der Waals surface area contributed by atoms with Crippen molar-refractivity contribution in [3.05, 3.63) is 63.6 Å². The molecule has 5 nitrogen and oxygen atoms in total.